The maximum absolute atomic E-state index is 12.4. The fraction of sp³-hybridized carbons (Fsp3) is 0.125. The molecule has 0 spiro atoms. The SMILES string of the molecule is CC(=O)Nc1ccc(C(=O)c2cc(N)ccc2C)cc1. The highest BCUT2D eigenvalue weighted by molar-refractivity contribution is 6.10. The Bertz CT molecular complexity index is 661. The quantitative estimate of drug-likeness (QED) is 0.664. The van der Waals surface area contributed by atoms with Crippen LogP contribution in [0.4, 0.5) is 11.4 Å². The molecule has 4 heteroatoms. The van der Waals surface area contributed by atoms with Crippen LogP contribution in [0.5, 0.6) is 0 Å². The van der Waals surface area contributed by atoms with Gasteiger partial charge in [-0.2, -0.15) is 0 Å². The van der Waals surface area contributed by atoms with E-state index in [9.17, 15) is 9.59 Å². The van der Waals surface area contributed by atoms with Crippen molar-refractivity contribution in [1.29, 1.82) is 0 Å². The van der Waals surface area contributed by atoms with E-state index in [1.54, 1.807) is 36.4 Å². The minimum absolute atomic E-state index is 0.0795. The zero-order valence-corrected chi connectivity index (χ0v) is 11.4. The number of ketones is 1. The number of carbonyl (C=O) groups is 2. The second-order valence-electron chi connectivity index (χ2n) is 4.66. The van der Waals surface area contributed by atoms with Crippen LogP contribution in [-0.2, 0) is 4.79 Å². The minimum atomic E-state index is -0.143. The number of benzene rings is 2. The van der Waals surface area contributed by atoms with Crippen molar-refractivity contribution < 1.29 is 9.59 Å². The molecule has 2 aromatic rings. The fourth-order valence-corrected chi connectivity index (χ4v) is 1.95. The van der Waals surface area contributed by atoms with E-state index in [4.69, 9.17) is 5.73 Å². The van der Waals surface area contributed by atoms with Gasteiger partial charge in [0.1, 0.15) is 0 Å². The average molecular weight is 268 g/mol. The Morgan fingerprint density at radius 1 is 1.05 bits per heavy atom. The molecule has 2 aromatic carbocycles. The van der Waals surface area contributed by atoms with Crippen LogP contribution in [0, 0.1) is 6.92 Å². The summed E-state index contributed by atoms with van der Waals surface area (Å²) in [5, 5.41) is 2.66. The van der Waals surface area contributed by atoms with E-state index >= 15 is 0 Å². The van der Waals surface area contributed by atoms with E-state index in [2.05, 4.69) is 5.32 Å². The zero-order chi connectivity index (χ0) is 14.7. The number of anilines is 2. The van der Waals surface area contributed by atoms with Crippen molar-refractivity contribution >= 4 is 23.1 Å². The lowest BCUT2D eigenvalue weighted by atomic mass is 9.98. The Balaban J connectivity index is 2.29. The van der Waals surface area contributed by atoms with Crippen molar-refractivity contribution in [2.45, 2.75) is 13.8 Å². The summed E-state index contributed by atoms with van der Waals surface area (Å²) < 4.78 is 0. The number of nitrogen functional groups attached to an aromatic ring is 1. The van der Waals surface area contributed by atoms with Gasteiger partial charge in [0.2, 0.25) is 5.91 Å². The third-order valence-electron chi connectivity index (χ3n) is 2.97. The minimum Gasteiger partial charge on any atom is -0.399 e. The monoisotopic (exact) mass is 268 g/mol. The summed E-state index contributed by atoms with van der Waals surface area (Å²) in [6.45, 7) is 3.31. The van der Waals surface area contributed by atoms with Gasteiger partial charge in [-0.05, 0) is 48.9 Å². The first-order valence-corrected chi connectivity index (χ1v) is 6.26. The maximum atomic E-state index is 12.4. The van der Waals surface area contributed by atoms with Gasteiger partial charge in [0.05, 0.1) is 0 Å². The molecular weight excluding hydrogens is 252 g/mol. The van der Waals surface area contributed by atoms with E-state index in [1.807, 2.05) is 13.0 Å². The predicted molar refractivity (Wildman–Crippen MR) is 79.8 cm³/mol. The highest BCUT2D eigenvalue weighted by Crippen LogP contribution is 2.18. The predicted octanol–water partition coefficient (Wildman–Crippen LogP) is 2.77. The van der Waals surface area contributed by atoms with E-state index in [-0.39, 0.29) is 11.7 Å². The molecule has 0 saturated carbocycles. The summed E-state index contributed by atoms with van der Waals surface area (Å²) in [5.74, 6) is -0.222. The summed E-state index contributed by atoms with van der Waals surface area (Å²) in [4.78, 5) is 23.4. The molecule has 0 bridgehead atoms. The summed E-state index contributed by atoms with van der Waals surface area (Å²) in [5.41, 5.74) is 8.99. The number of aryl methyl sites for hydroxylation is 1. The van der Waals surface area contributed by atoms with Crippen molar-refractivity contribution in [3.05, 3.63) is 59.2 Å². The molecule has 102 valence electrons. The van der Waals surface area contributed by atoms with Crippen LogP contribution < -0.4 is 11.1 Å². The van der Waals surface area contributed by atoms with Gasteiger partial charge < -0.3 is 11.1 Å². The smallest absolute Gasteiger partial charge is 0.221 e. The number of hydrogen-bond acceptors (Lipinski definition) is 3. The molecule has 0 radical (unpaired) electrons. The van der Waals surface area contributed by atoms with Gasteiger partial charge in [-0.15, -0.1) is 0 Å². The number of amides is 1. The molecule has 2 rings (SSSR count). The van der Waals surface area contributed by atoms with Gasteiger partial charge in [0, 0.05) is 29.4 Å². The molecule has 0 fully saturated rings. The molecule has 0 unspecified atom stereocenters. The molecule has 1 amide bonds. The summed E-state index contributed by atoms with van der Waals surface area (Å²) in [6.07, 6.45) is 0. The Morgan fingerprint density at radius 2 is 1.70 bits per heavy atom. The molecule has 0 saturated heterocycles. The van der Waals surface area contributed by atoms with Gasteiger partial charge in [0.25, 0.3) is 0 Å². The van der Waals surface area contributed by atoms with Crippen LogP contribution in [0.3, 0.4) is 0 Å². The van der Waals surface area contributed by atoms with Crippen LogP contribution in [0.2, 0.25) is 0 Å². The highest BCUT2D eigenvalue weighted by Gasteiger charge is 2.12. The Morgan fingerprint density at radius 3 is 2.30 bits per heavy atom. The number of nitrogens with two attached hydrogens (primary N) is 1. The van der Waals surface area contributed by atoms with E-state index in [0.29, 0.717) is 22.5 Å². The van der Waals surface area contributed by atoms with Gasteiger partial charge in [-0.1, -0.05) is 6.07 Å². The Labute approximate surface area is 117 Å². The van der Waals surface area contributed by atoms with Crippen LogP contribution in [0.1, 0.15) is 28.4 Å². The third-order valence-corrected chi connectivity index (χ3v) is 2.97. The lowest BCUT2D eigenvalue weighted by molar-refractivity contribution is -0.114. The second kappa shape index (κ2) is 5.57. The Hall–Kier alpha value is -2.62. The molecule has 0 aliphatic carbocycles. The summed E-state index contributed by atoms with van der Waals surface area (Å²) >= 11 is 0. The van der Waals surface area contributed by atoms with Crippen LogP contribution in [0.25, 0.3) is 0 Å². The van der Waals surface area contributed by atoms with Crippen LogP contribution in [0.15, 0.2) is 42.5 Å². The number of hydrogen-bond donors (Lipinski definition) is 2. The molecule has 0 aromatic heterocycles. The largest absolute Gasteiger partial charge is 0.399 e. The van der Waals surface area contributed by atoms with Crippen molar-refractivity contribution in [1.82, 2.24) is 0 Å². The topological polar surface area (TPSA) is 72.2 Å². The molecular formula is C16H16N2O2. The number of carbonyl (C=O) groups excluding carboxylic acids is 2. The maximum Gasteiger partial charge on any atom is 0.221 e. The fourth-order valence-electron chi connectivity index (χ4n) is 1.95. The molecule has 4 nitrogen and oxygen atoms in total. The standard InChI is InChI=1S/C16H16N2O2/c1-10-3-6-13(17)9-15(10)16(20)12-4-7-14(8-5-12)18-11(2)19/h3-9H,17H2,1-2H3,(H,18,19). The van der Waals surface area contributed by atoms with E-state index < -0.39 is 0 Å². The van der Waals surface area contributed by atoms with Crippen LogP contribution >= 0.6 is 0 Å². The first-order valence-electron chi connectivity index (χ1n) is 6.26. The normalized spacial score (nSPS) is 10.1. The summed E-state index contributed by atoms with van der Waals surface area (Å²) in [7, 11) is 0. The van der Waals surface area contributed by atoms with Gasteiger partial charge in [-0.3, -0.25) is 9.59 Å². The zero-order valence-electron chi connectivity index (χ0n) is 11.4. The lowest BCUT2D eigenvalue weighted by Crippen LogP contribution is -2.07. The first kappa shape index (κ1) is 13.8. The summed E-state index contributed by atoms with van der Waals surface area (Å²) in [6, 6.07) is 12.1. The van der Waals surface area contributed by atoms with E-state index in [0.717, 1.165) is 5.56 Å². The third kappa shape index (κ3) is 3.03. The number of nitrogens with one attached hydrogen (secondary N) is 1. The second-order valence-corrected chi connectivity index (χ2v) is 4.66. The molecule has 0 aliphatic heterocycles. The molecule has 20 heavy (non-hydrogen) atoms. The van der Waals surface area contributed by atoms with Crippen molar-refractivity contribution in [2.24, 2.45) is 0 Å². The van der Waals surface area contributed by atoms with Crippen molar-refractivity contribution in [3.8, 4) is 0 Å². The van der Waals surface area contributed by atoms with Crippen LogP contribution in [-0.4, -0.2) is 11.7 Å². The van der Waals surface area contributed by atoms with Gasteiger partial charge >= 0.3 is 0 Å². The van der Waals surface area contributed by atoms with Crippen molar-refractivity contribution in [2.75, 3.05) is 11.1 Å². The van der Waals surface area contributed by atoms with Gasteiger partial charge in [-0.25, -0.2) is 0 Å². The van der Waals surface area contributed by atoms with Gasteiger partial charge in [0.15, 0.2) is 5.78 Å². The van der Waals surface area contributed by atoms with E-state index in [1.165, 1.54) is 6.92 Å². The average Bonchev–Trinajstić information content (AvgIpc) is 2.41. The number of rotatable bonds is 3. The molecule has 3 N–H and O–H groups in total. The molecule has 0 atom stereocenters. The molecule has 0 aliphatic rings. The highest BCUT2D eigenvalue weighted by atomic mass is 16.1. The van der Waals surface area contributed by atoms with Crippen molar-refractivity contribution in [3.63, 3.8) is 0 Å². The Kier molecular flexibility index (Phi) is 3.84. The first-order chi connectivity index (χ1) is 9.47. The molecule has 0 heterocycles. The lowest BCUT2D eigenvalue weighted by Gasteiger charge is -2.07.